The Morgan fingerprint density at radius 2 is 1.95 bits per heavy atom. The van der Waals surface area contributed by atoms with Gasteiger partial charge in [0.2, 0.25) is 10.0 Å². The highest BCUT2D eigenvalue weighted by atomic mass is 32.2. The zero-order valence-corrected chi connectivity index (χ0v) is 11.4. The molecule has 1 N–H and O–H groups in total. The molecule has 0 spiro atoms. The Hall–Kier alpha value is -1.54. The first-order chi connectivity index (χ1) is 9.23. The number of aliphatic carboxylic acids is 1. The Balaban J connectivity index is 2.14. The summed E-state index contributed by atoms with van der Waals surface area (Å²) < 4.78 is 51.1. The largest absolute Gasteiger partial charge is 0.481 e. The van der Waals surface area contributed by atoms with Crippen molar-refractivity contribution in [3.8, 4) is 0 Å². The van der Waals surface area contributed by atoms with E-state index in [9.17, 15) is 22.0 Å². The molecule has 0 bridgehead atoms. The van der Waals surface area contributed by atoms with Crippen LogP contribution in [0, 0.1) is 23.5 Å². The summed E-state index contributed by atoms with van der Waals surface area (Å²) >= 11 is 0. The van der Waals surface area contributed by atoms with Crippen molar-refractivity contribution < 1.29 is 27.1 Å². The molecule has 1 atom stereocenters. The highest BCUT2D eigenvalue weighted by Gasteiger charge is 2.41. The van der Waals surface area contributed by atoms with E-state index in [1.165, 1.54) is 6.92 Å². The Morgan fingerprint density at radius 1 is 1.35 bits per heavy atom. The van der Waals surface area contributed by atoms with Crippen LogP contribution in [-0.4, -0.2) is 36.9 Å². The Kier molecular flexibility index (Phi) is 3.79. The summed E-state index contributed by atoms with van der Waals surface area (Å²) in [4.78, 5) is 10.4. The first-order valence-corrected chi connectivity index (χ1v) is 7.35. The Morgan fingerprint density at radius 3 is 2.45 bits per heavy atom. The number of rotatable bonds is 4. The lowest BCUT2D eigenvalue weighted by Crippen LogP contribution is -2.53. The summed E-state index contributed by atoms with van der Waals surface area (Å²) in [7, 11) is -3.90. The minimum Gasteiger partial charge on any atom is -0.481 e. The maximum Gasteiger partial charge on any atom is 0.306 e. The summed E-state index contributed by atoms with van der Waals surface area (Å²) in [5.74, 6) is -4.26. The first kappa shape index (κ1) is 14.9. The third kappa shape index (κ3) is 2.53. The smallest absolute Gasteiger partial charge is 0.306 e. The van der Waals surface area contributed by atoms with Crippen LogP contribution in [0.2, 0.25) is 0 Å². The van der Waals surface area contributed by atoms with E-state index in [1.54, 1.807) is 0 Å². The van der Waals surface area contributed by atoms with Crippen molar-refractivity contribution in [2.45, 2.75) is 11.8 Å². The lowest BCUT2D eigenvalue weighted by molar-refractivity contribution is -0.144. The molecule has 1 aliphatic heterocycles. The standard InChI is InChI=1S/C12H13F2NO4S/c1-7(12(16)17)8-5-15(6-8)20(18,19)9-2-3-10(13)11(14)4-9/h2-4,7-8H,5-6H2,1H3,(H,16,17). The first-order valence-electron chi connectivity index (χ1n) is 5.91. The van der Waals surface area contributed by atoms with Crippen molar-refractivity contribution in [1.82, 2.24) is 4.31 Å². The minimum absolute atomic E-state index is 0.0643. The number of carboxylic acid groups (broad SMARTS) is 1. The topological polar surface area (TPSA) is 74.7 Å². The third-order valence-electron chi connectivity index (χ3n) is 3.50. The van der Waals surface area contributed by atoms with Crippen molar-refractivity contribution in [2.24, 2.45) is 11.8 Å². The van der Waals surface area contributed by atoms with E-state index in [0.29, 0.717) is 6.07 Å². The molecule has 1 fully saturated rings. The van der Waals surface area contributed by atoms with Gasteiger partial charge in [-0.2, -0.15) is 4.31 Å². The normalized spacial score (nSPS) is 18.6. The average molecular weight is 305 g/mol. The van der Waals surface area contributed by atoms with Crippen LogP contribution in [0.5, 0.6) is 0 Å². The third-order valence-corrected chi connectivity index (χ3v) is 5.33. The monoisotopic (exact) mass is 305 g/mol. The van der Waals surface area contributed by atoms with Gasteiger partial charge >= 0.3 is 5.97 Å². The molecule has 0 amide bonds. The van der Waals surface area contributed by atoms with Gasteiger partial charge in [0.1, 0.15) is 0 Å². The molecule has 110 valence electrons. The number of carboxylic acids is 1. The molecule has 1 aromatic carbocycles. The summed E-state index contributed by atoms with van der Waals surface area (Å²) in [6, 6.07) is 2.36. The SMILES string of the molecule is CC(C(=O)O)C1CN(S(=O)(=O)c2ccc(F)c(F)c2)C1. The van der Waals surface area contributed by atoms with Crippen LogP contribution in [0.25, 0.3) is 0 Å². The fourth-order valence-electron chi connectivity index (χ4n) is 1.97. The molecule has 0 radical (unpaired) electrons. The number of benzene rings is 1. The van der Waals surface area contributed by atoms with Crippen LogP contribution in [0.4, 0.5) is 8.78 Å². The molecule has 0 aliphatic carbocycles. The average Bonchev–Trinajstić information content (AvgIpc) is 2.29. The van der Waals surface area contributed by atoms with Crippen molar-refractivity contribution in [1.29, 1.82) is 0 Å². The molecule has 5 nitrogen and oxygen atoms in total. The van der Waals surface area contributed by atoms with Crippen LogP contribution in [0.15, 0.2) is 23.1 Å². The Bertz CT molecular complexity index is 641. The van der Waals surface area contributed by atoms with E-state index in [2.05, 4.69) is 0 Å². The highest BCUT2D eigenvalue weighted by molar-refractivity contribution is 7.89. The van der Waals surface area contributed by atoms with Gasteiger partial charge < -0.3 is 5.11 Å². The van der Waals surface area contributed by atoms with Gasteiger partial charge in [0.25, 0.3) is 0 Å². The summed E-state index contributed by atoms with van der Waals surface area (Å²) in [6.07, 6.45) is 0. The summed E-state index contributed by atoms with van der Waals surface area (Å²) in [5.41, 5.74) is 0. The van der Waals surface area contributed by atoms with E-state index in [-0.39, 0.29) is 23.9 Å². The maximum atomic E-state index is 13.1. The molecule has 0 saturated carbocycles. The van der Waals surface area contributed by atoms with Gasteiger partial charge in [-0.05, 0) is 24.1 Å². The van der Waals surface area contributed by atoms with Crippen molar-refractivity contribution in [2.75, 3.05) is 13.1 Å². The maximum absolute atomic E-state index is 13.1. The molecule has 0 aromatic heterocycles. The van der Waals surface area contributed by atoms with Gasteiger partial charge in [-0.25, -0.2) is 17.2 Å². The molecule has 1 saturated heterocycles. The molecular weight excluding hydrogens is 292 g/mol. The quantitative estimate of drug-likeness (QED) is 0.910. The zero-order chi connectivity index (χ0) is 15.1. The van der Waals surface area contributed by atoms with Crippen LogP contribution in [0.3, 0.4) is 0 Å². The van der Waals surface area contributed by atoms with Crippen LogP contribution in [-0.2, 0) is 14.8 Å². The van der Waals surface area contributed by atoms with Crippen LogP contribution in [0.1, 0.15) is 6.92 Å². The van der Waals surface area contributed by atoms with Crippen molar-refractivity contribution >= 4 is 16.0 Å². The predicted octanol–water partition coefficient (Wildman–Crippen LogP) is 1.31. The second kappa shape index (κ2) is 5.10. The number of hydrogen-bond acceptors (Lipinski definition) is 3. The fourth-order valence-corrected chi connectivity index (χ4v) is 3.54. The number of carbonyl (C=O) groups is 1. The van der Waals surface area contributed by atoms with E-state index in [1.807, 2.05) is 0 Å². The molecular formula is C12H13F2NO4S. The number of halogens is 2. The second-order valence-electron chi connectivity index (χ2n) is 4.78. The zero-order valence-electron chi connectivity index (χ0n) is 10.6. The van der Waals surface area contributed by atoms with Gasteiger partial charge in [0.05, 0.1) is 10.8 Å². The fraction of sp³-hybridized carbons (Fsp3) is 0.417. The second-order valence-corrected chi connectivity index (χ2v) is 6.72. The van der Waals surface area contributed by atoms with E-state index in [4.69, 9.17) is 5.11 Å². The van der Waals surface area contributed by atoms with Crippen molar-refractivity contribution in [3.63, 3.8) is 0 Å². The summed E-state index contributed by atoms with van der Waals surface area (Å²) in [5, 5.41) is 8.83. The number of sulfonamides is 1. The molecule has 2 rings (SSSR count). The van der Waals surface area contributed by atoms with Gasteiger partial charge in [0.15, 0.2) is 11.6 Å². The molecule has 1 unspecified atom stereocenters. The number of hydrogen-bond donors (Lipinski definition) is 1. The highest BCUT2D eigenvalue weighted by Crippen LogP contribution is 2.30. The molecule has 1 aromatic rings. The van der Waals surface area contributed by atoms with Crippen LogP contribution >= 0.6 is 0 Å². The van der Waals surface area contributed by atoms with Gasteiger partial charge in [-0.1, -0.05) is 6.92 Å². The lowest BCUT2D eigenvalue weighted by Gasteiger charge is -2.39. The van der Waals surface area contributed by atoms with Crippen molar-refractivity contribution in [3.05, 3.63) is 29.8 Å². The molecule has 20 heavy (non-hydrogen) atoms. The lowest BCUT2D eigenvalue weighted by atomic mass is 9.89. The van der Waals surface area contributed by atoms with Gasteiger partial charge in [0, 0.05) is 13.1 Å². The predicted molar refractivity (Wildman–Crippen MR) is 65.4 cm³/mol. The summed E-state index contributed by atoms with van der Waals surface area (Å²) in [6.45, 7) is 1.64. The minimum atomic E-state index is -3.90. The van der Waals surface area contributed by atoms with E-state index in [0.717, 1.165) is 16.4 Å². The van der Waals surface area contributed by atoms with Gasteiger partial charge in [-0.15, -0.1) is 0 Å². The Labute approximate surface area is 114 Å². The number of nitrogens with zero attached hydrogens (tertiary/aromatic N) is 1. The van der Waals surface area contributed by atoms with Gasteiger partial charge in [-0.3, -0.25) is 4.79 Å². The van der Waals surface area contributed by atoms with E-state index < -0.39 is 33.5 Å². The molecule has 8 heteroatoms. The molecule has 1 aliphatic rings. The van der Waals surface area contributed by atoms with E-state index >= 15 is 0 Å². The van der Waals surface area contributed by atoms with Crippen LogP contribution < -0.4 is 0 Å². The molecule has 1 heterocycles.